The lowest BCUT2D eigenvalue weighted by atomic mass is 9.92. The van der Waals surface area contributed by atoms with E-state index in [2.05, 4.69) is 20.9 Å². The topological polar surface area (TPSA) is 150 Å². The molecule has 1 aromatic carbocycles. The van der Waals surface area contributed by atoms with Crippen LogP contribution in [-0.2, 0) is 32.1 Å². The van der Waals surface area contributed by atoms with Crippen LogP contribution in [0.2, 0.25) is 0 Å². The molecule has 3 atom stereocenters. The van der Waals surface area contributed by atoms with Crippen molar-refractivity contribution in [1.29, 1.82) is 0 Å². The van der Waals surface area contributed by atoms with Gasteiger partial charge in [0.25, 0.3) is 0 Å². The standard InChI is InChI=1S/C33H45N5O6/c1-22-8-10-26-16-25(22)19-35-30(41)27(11-9-23-6-4-13-34-18-23)36-31(42)28(37-32(43)33(2,3)21-39)17-29(40)38-14-5-7-24(20-38)12-15-44-26/h4,6,8,10,13,16,18,24,27-28,39H,5,7,9,11-12,14-15,17,19-21H2,1-3H3,(H,35,41)(H,36,42)(H,37,43)/t24?,27-,28-/m0/s1. The average molecular weight is 608 g/mol. The fourth-order valence-corrected chi connectivity index (χ4v) is 5.44. The SMILES string of the molecule is Cc1ccc2cc1CNC(=O)[C@H](CCc1cccnc1)NC(=O)[C@@H](NC(=O)C(C)(C)CO)CC(=O)N1CCCC(CCO2)C1. The summed E-state index contributed by atoms with van der Waals surface area (Å²) in [4.78, 5) is 59.8. The third-order valence-electron chi connectivity index (χ3n) is 8.53. The number of nitrogens with zero attached hydrogens (tertiary/aromatic N) is 2. The van der Waals surface area contributed by atoms with Crippen LogP contribution in [0.4, 0.5) is 0 Å². The molecule has 4 rings (SSSR count). The van der Waals surface area contributed by atoms with Gasteiger partial charge < -0.3 is 30.7 Å². The summed E-state index contributed by atoms with van der Waals surface area (Å²) < 4.78 is 6.07. The van der Waals surface area contributed by atoms with Crippen molar-refractivity contribution in [2.24, 2.45) is 11.3 Å². The number of rotatable bonds is 6. The number of pyridine rings is 1. The number of aliphatic hydroxyl groups is 1. The van der Waals surface area contributed by atoms with Crippen LogP contribution in [0.1, 0.15) is 62.6 Å². The zero-order valence-corrected chi connectivity index (χ0v) is 25.9. The molecule has 44 heavy (non-hydrogen) atoms. The Labute approximate surface area is 259 Å². The molecular weight excluding hydrogens is 562 g/mol. The Kier molecular flexibility index (Phi) is 11.3. The van der Waals surface area contributed by atoms with Crippen LogP contribution in [0.15, 0.2) is 42.7 Å². The lowest BCUT2D eigenvalue weighted by Crippen LogP contribution is -2.57. The molecule has 238 valence electrons. The fraction of sp³-hybridized carbons (Fsp3) is 0.545. The summed E-state index contributed by atoms with van der Waals surface area (Å²) >= 11 is 0. The Bertz CT molecular complexity index is 1320. The van der Waals surface area contributed by atoms with E-state index in [-0.39, 0.29) is 37.1 Å². The van der Waals surface area contributed by atoms with Gasteiger partial charge in [0, 0.05) is 32.0 Å². The van der Waals surface area contributed by atoms with Crippen molar-refractivity contribution in [1.82, 2.24) is 25.8 Å². The highest BCUT2D eigenvalue weighted by atomic mass is 16.5. The summed E-state index contributed by atoms with van der Waals surface area (Å²) in [6.07, 6.45) is 6.44. The summed E-state index contributed by atoms with van der Waals surface area (Å²) in [6.45, 7) is 6.49. The van der Waals surface area contributed by atoms with E-state index in [0.717, 1.165) is 41.7 Å². The third kappa shape index (κ3) is 9.01. The van der Waals surface area contributed by atoms with Crippen molar-refractivity contribution in [3.8, 4) is 5.75 Å². The first-order valence-corrected chi connectivity index (χ1v) is 15.4. The van der Waals surface area contributed by atoms with Crippen molar-refractivity contribution in [3.05, 3.63) is 59.4 Å². The molecule has 11 heteroatoms. The maximum atomic E-state index is 13.8. The minimum Gasteiger partial charge on any atom is -0.494 e. The second-order valence-electron chi connectivity index (χ2n) is 12.5. The first kappa shape index (κ1) is 32.9. The summed E-state index contributed by atoms with van der Waals surface area (Å²) in [5, 5.41) is 18.2. The molecule has 2 aliphatic rings. The number of aromatic nitrogens is 1. The molecule has 1 saturated heterocycles. The lowest BCUT2D eigenvalue weighted by Gasteiger charge is -2.34. The molecular formula is C33H45N5O6. The Morgan fingerprint density at radius 3 is 2.75 bits per heavy atom. The quantitative estimate of drug-likeness (QED) is 0.393. The number of benzene rings is 1. The number of aryl methyl sites for hydroxylation is 2. The number of hydrogen-bond donors (Lipinski definition) is 4. The second-order valence-corrected chi connectivity index (χ2v) is 12.5. The van der Waals surface area contributed by atoms with E-state index in [4.69, 9.17) is 4.74 Å². The molecule has 0 radical (unpaired) electrons. The highest BCUT2D eigenvalue weighted by Gasteiger charge is 2.35. The Morgan fingerprint density at radius 2 is 2.00 bits per heavy atom. The van der Waals surface area contributed by atoms with E-state index in [1.165, 1.54) is 0 Å². The van der Waals surface area contributed by atoms with E-state index < -0.39 is 35.9 Å². The summed E-state index contributed by atoms with van der Waals surface area (Å²) in [7, 11) is 0. The van der Waals surface area contributed by atoms with Crippen LogP contribution < -0.4 is 20.7 Å². The largest absolute Gasteiger partial charge is 0.494 e. The molecule has 2 aliphatic heterocycles. The number of ether oxygens (including phenoxy) is 1. The third-order valence-corrected chi connectivity index (χ3v) is 8.53. The summed E-state index contributed by atoms with van der Waals surface area (Å²) in [6, 6.07) is 7.33. The minimum atomic E-state index is -1.23. The predicted molar refractivity (Wildman–Crippen MR) is 164 cm³/mol. The molecule has 2 aromatic rings. The van der Waals surface area contributed by atoms with Gasteiger partial charge in [0.2, 0.25) is 23.6 Å². The van der Waals surface area contributed by atoms with Gasteiger partial charge in [0.05, 0.1) is 25.0 Å². The van der Waals surface area contributed by atoms with E-state index in [1.54, 1.807) is 37.2 Å². The van der Waals surface area contributed by atoms with Crippen LogP contribution in [0, 0.1) is 18.3 Å². The predicted octanol–water partition coefficient (Wildman–Crippen LogP) is 2.04. The van der Waals surface area contributed by atoms with Crippen LogP contribution in [0.25, 0.3) is 0 Å². The van der Waals surface area contributed by atoms with Crippen molar-refractivity contribution < 1.29 is 29.0 Å². The molecule has 1 aromatic heterocycles. The van der Waals surface area contributed by atoms with Crippen molar-refractivity contribution in [3.63, 3.8) is 0 Å². The zero-order valence-electron chi connectivity index (χ0n) is 25.9. The normalized spacial score (nSPS) is 22.1. The first-order chi connectivity index (χ1) is 21.1. The highest BCUT2D eigenvalue weighted by Crippen LogP contribution is 2.23. The van der Waals surface area contributed by atoms with E-state index in [1.807, 2.05) is 31.2 Å². The average Bonchev–Trinajstić information content (AvgIpc) is 3.02. The van der Waals surface area contributed by atoms with Gasteiger partial charge in [-0.2, -0.15) is 0 Å². The molecule has 0 spiro atoms. The fourth-order valence-electron chi connectivity index (χ4n) is 5.44. The van der Waals surface area contributed by atoms with Crippen molar-refractivity contribution in [2.45, 2.75) is 77.9 Å². The van der Waals surface area contributed by atoms with Crippen molar-refractivity contribution >= 4 is 23.6 Å². The van der Waals surface area contributed by atoms with E-state index in [9.17, 15) is 24.3 Å². The summed E-state index contributed by atoms with van der Waals surface area (Å²) in [5.41, 5.74) is 1.63. The number of carbonyl (C=O) groups excluding carboxylic acids is 4. The van der Waals surface area contributed by atoms with Gasteiger partial charge in [-0.3, -0.25) is 24.2 Å². The van der Waals surface area contributed by atoms with Gasteiger partial charge in [0.1, 0.15) is 17.8 Å². The molecule has 3 heterocycles. The number of aliphatic hydroxyl groups excluding tert-OH is 1. The Hall–Kier alpha value is -3.99. The monoisotopic (exact) mass is 607 g/mol. The molecule has 4 amide bonds. The van der Waals surface area contributed by atoms with Crippen LogP contribution in [-0.4, -0.2) is 77.0 Å². The van der Waals surface area contributed by atoms with E-state index in [0.29, 0.717) is 26.1 Å². The minimum absolute atomic E-state index is 0.238. The molecule has 4 bridgehead atoms. The maximum absolute atomic E-state index is 13.8. The maximum Gasteiger partial charge on any atom is 0.243 e. The Balaban J connectivity index is 1.62. The zero-order chi connectivity index (χ0) is 31.7. The van der Waals surface area contributed by atoms with Gasteiger partial charge >= 0.3 is 0 Å². The first-order valence-electron chi connectivity index (χ1n) is 15.4. The Morgan fingerprint density at radius 1 is 1.18 bits per heavy atom. The van der Waals surface area contributed by atoms with Crippen molar-refractivity contribution in [2.75, 3.05) is 26.3 Å². The number of carbonyl (C=O) groups is 4. The summed E-state index contributed by atoms with van der Waals surface area (Å²) in [5.74, 6) is -0.861. The molecule has 1 fully saturated rings. The van der Waals surface area contributed by atoms with Gasteiger partial charge in [0.15, 0.2) is 0 Å². The van der Waals surface area contributed by atoms with Crippen LogP contribution in [0.3, 0.4) is 0 Å². The number of fused-ring (bicyclic) bond motifs is 4. The smallest absolute Gasteiger partial charge is 0.243 e. The second kappa shape index (κ2) is 15.1. The van der Waals surface area contributed by atoms with Gasteiger partial charge in [-0.1, -0.05) is 12.1 Å². The number of piperidine rings is 1. The van der Waals surface area contributed by atoms with Crippen LogP contribution >= 0.6 is 0 Å². The number of nitrogens with one attached hydrogen (secondary N) is 3. The molecule has 0 saturated carbocycles. The van der Waals surface area contributed by atoms with Gasteiger partial charge in [-0.25, -0.2) is 0 Å². The van der Waals surface area contributed by atoms with Gasteiger partial charge in [-0.05, 0) is 93.7 Å². The highest BCUT2D eigenvalue weighted by molar-refractivity contribution is 5.95. The molecule has 4 N–H and O–H groups in total. The van der Waals surface area contributed by atoms with Crippen LogP contribution in [0.5, 0.6) is 5.75 Å². The molecule has 1 unspecified atom stereocenters. The number of amides is 4. The lowest BCUT2D eigenvalue weighted by molar-refractivity contribution is -0.140. The van der Waals surface area contributed by atoms with Gasteiger partial charge in [-0.15, -0.1) is 0 Å². The van der Waals surface area contributed by atoms with E-state index >= 15 is 0 Å². The molecule has 0 aliphatic carbocycles. The number of hydrogen-bond acceptors (Lipinski definition) is 7. The molecule has 11 nitrogen and oxygen atoms in total.